The Labute approximate surface area is 167 Å². The lowest BCUT2D eigenvalue weighted by Crippen LogP contribution is -2.44. The third kappa shape index (κ3) is 4.46. The largest absolute Gasteiger partial charge is 0.329 e. The molecule has 28 heavy (non-hydrogen) atoms. The molecule has 1 aromatic heterocycles. The van der Waals surface area contributed by atoms with Crippen molar-refractivity contribution >= 4 is 10.2 Å². The maximum Gasteiger partial charge on any atom is 0.282 e. The summed E-state index contributed by atoms with van der Waals surface area (Å²) >= 11 is 0. The molecule has 7 nitrogen and oxygen atoms in total. The Balaban J connectivity index is 1.37. The molecule has 1 aromatic carbocycles. The highest BCUT2D eigenvalue weighted by Crippen LogP contribution is 2.19. The van der Waals surface area contributed by atoms with Gasteiger partial charge in [0.15, 0.2) is 0 Å². The number of hydrogen-bond donors (Lipinski definition) is 0. The van der Waals surface area contributed by atoms with Crippen LogP contribution in [0.5, 0.6) is 0 Å². The summed E-state index contributed by atoms with van der Waals surface area (Å²) in [6.07, 6.45) is 6.67. The average molecular weight is 404 g/mol. The molecule has 8 heteroatoms. The molecule has 0 radical (unpaired) electrons. The predicted molar refractivity (Wildman–Crippen MR) is 109 cm³/mol. The quantitative estimate of drug-likeness (QED) is 0.738. The molecule has 2 saturated heterocycles. The van der Waals surface area contributed by atoms with Gasteiger partial charge in [-0.25, -0.2) is 4.98 Å². The van der Waals surface area contributed by atoms with Crippen molar-refractivity contribution in [3.05, 3.63) is 54.1 Å². The van der Waals surface area contributed by atoms with Crippen LogP contribution in [0.1, 0.15) is 30.7 Å². The van der Waals surface area contributed by atoms with E-state index in [-0.39, 0.29) is 0 Å². The third-order valence-electron chi connectivity index (χ3n) is 5.63. The van der Waals surface area contributed by atoms with Gasteiger partial charge in [0.25, 0.3) is 10.2 Å². The van der Waals surface area contributed by atoms with Gasteiger partial charge in [-0.15, -0.1) is 0 Å². The van der Waals surface area contributed by atoms with Gasteiger partial charge in [-0.05, 0) is 31.4 Å². The zero-order valence-electron chi connectivity index (χ0n) is 16.3. The van der Waals surface area contributed by atoms with Crippen LogP contribution < -0.4 is 0 Å². The summed E-state index contributed by atoms with van der Waals surface area (Å²) < 4.78 is 31.2. The predicted octanol–water partition coefficient (Wildman–Crippen LogP) is 1.78. The summed E-state index contributed by atoms with van der Waals surface area (Å²) in [6.45, 7) is 5.68. The molecule has 2 aliphatic heterocycles. The monoisotopic (exact) mass is 403 g/mol. The van der Waals surface area contributed by atoms with Crippen molar-refractivity contribution in [2.24, 2.45) is 0 Å². The van der Waals surface area contributed by atoms with Gasteiger partial charge >= 0.3 is 0 Å². The van der Waals surface area contributed by atoms with Gasteiger partial charge in [0.1, 0.15) is 5.82 Å². The van der Waals surface area contributed by atoms with Crippen molar-refractivity contribution in [2.75, 3.05) is 39.3 Å². The molecule has 0 N–H and O–H groups in total. The van der Waals surface area contributed by atoms with Crippen LogP contribution in [0.2, 0.25) is 0 Å². The fourth-order valence-corrected chi connectivity index (χ4v) is 5.75. The van der Waals surface area contributed by atoms with Crippen molar-refractivity contribution in [2.45, 2.75) is 32.4 Å². The van der Waals surface area contributed by atoms with Gasteiger partial charge in [-0.2, -0.15) is 17.0 Å². The van der Waals surface area contributed by atoms with Crippen molar-refractivity contribution in [3.8, 4) is 0 Å². The minimum atomic E-state index is -3.30. The minimum Gasteiger partial charge on any atom is -0.329 e. The Kier molecular flexibility index (Phi) is 6.10. The second-order valence-corrected chi connectivity index (χ2v) is 9.53. The van der Waals surface area contributed by atoms with E-state index >= 15 is 0 Å². The summed E-state index contributed by atoms with van der Waals surface area (Å²) in [5.41, 5.74) is 1.25. The van der Waals surface area contributed by atoms with Gasteiger partial charge < -0.3 is 4.57 Å². The van der Waals surface area contributed by atoms with Crippen LogP contribution in [0.4, 0.5) is 0 Å². The summed E-state index contributed by atoms with van der Waals surface area (Å²) in [6, 6.07) is 10.4. The summed E-state index contributed by atoms with van der Waals surface area (Å²) in [7, 11) is -3.30. The molecule has 4 rings (SSSR count). The Hall–Kier alpha value is -1.74. The van der Waals surface area contributed by atoms with Crippen LogP contribution in [0.25, 0.3) is 0 Å². The van der Waals surface area contributed by atoms with E-state index in [0.29, 0.717) is 26.2 Å². The first-order chi connectivity index (χ1) is 13.6. The third-order valence-corrected chi connectivity index (χ3v) is 7.66. The first-order valence-electron chi connectivity index (χ1n) is 10.1. The second-order valence-electron chi connectivity index (χ2n) is 7.60. The molecule has 2 aromatic rings. The van der Waals surface area contributed by atoms with Crippen LogP contribution in [0.3, 0.4) is 0 Å². The fourth-order valence-electron chi connectivity index (χ4n) is 4.03. The number of rotatable bonds is 6. The van der Waals surface area contributed by atoms with Crippen molar-refractivity contribution in [3.63, 3.8) is 0 Å². The molecule has 0 atom stereocenters. The lowest BCUT2D eigenvalue weighted by atomic mass is 10.2. The Morgan fingerprint density at radius 3 is 2.32 bits per heavy atom. The van der Waals surface area contributed by atoms with E-state index in [1.54, 1.807) is 8.61 Å². The SMILES string of the molecule is O=S(=O)(N1CCCC1)N1CCCN(Cc2nccn2Cc2ccccc2)CC1. The highest BCUT2D eigenvalue weighted by atomic mass is 32.2. The number of hydrogen-bond acceptors (Lipinski definition) is 4. The average Bonchev–Trinajstić information content (AvgIpc) is 3.32. The van der Waals surface area contributed by atoms with Gasteiger partial charge in [-0.3, -0.25) is 4.90 Å². The van der Waals surface area contributed by atoms with Crippen LogP contribution >= 0.6 is 0 Å². The number of imidazole rings is 1. The fraction of sp³-hybridized carbons (Fsp3) is 0.550. The topological polar surface area (TPSA) is 61.7 Å². The Bertz CT molecular complexity index is 862. The van der Waals surface area contributed by atoms with Crippen LogP contribution in [0.15, 0.2) is 42.7 Å². The summed E-state index contributed by atoms with van der Waals surface area (Å²) in [5, 5.41) is 0. The van der Waals surface area contributed by atoms with E-state index < -0.39 is 10.2 Å². The molecule has 2 fully saturated rings. The van der Waals surface area contributed by atoms with E-state index in [1.807, 2.05) is 18.5 Å². The molecule has 2 aliphatic rings. The number of nitrogens with zero attached hydrogens (tertiary/aromatic N) is 5. The van der Waals surface area contributed by atoms with E-state index in [4.69, 9.17) is 0 Å². The lowest BCUT2D eigenvalue weighted by molar-refractivity contribution is 0.267. The van der Waals surface area contributed by atoms with Gasteiger partial charge in [0.05, 0.1) is 6.54 Å². The van der Waals surface area contributed by atoms with Crippen molar-refractivity contribution in [1.29, 1.82) is 0 Å². The molecule has 0 spiro atoms. The first kappa shape index (κ1) is 19.6. The molecule has 0 aliphatic carbocycles. The van der Waals surface area contributed by atoms with E-state index in [9.17, 15) is 8.42 Å². The Morgan fingerprint density at radius 2 is 1.54 bits per heavy atom. The highest BCUT2D eigenvalue weighted by molar-refractivity contribution is 7.86. The van der Waals surface area contributed by atoms with Crippen LogP contribution in [-0.2, 0) is 23.3 Å². The van der Waals surface area contributed by atoms with Crippen LogP contribution in [-0.4, -0.2) is 70.7 Å². The molecule has 0 bridgehead atoms. The zero-order valence-corrected chi connectivity index (χ0v) is 17.1. The molecule has 152 valence electrons. The normalized spacial score (nSPS) is 20.4. The number of benzene rings is 1. The van der Waals surface area contributed by atoms with E-state index in [0.717, 1.165) is 51.3 Å². The second kappa shape index (κ2) is 8.73. The van der Waals surface area contributed by atoms with Crippen molar-refractivity contribution in [1.82, 2.24) is 23.1 Å². The van der Waals surface area contributed by atoms with E-state index in [1.165, 1.54) is 5.56 Å². The number of aromatic nitrogens is 2. The minimum absolute atomic E-state index is 0.554. The lowest BCUT2D eigenvalue weighted by Gasteiger charge is -2.26. The summed E-state index contributed by atoms with van der Waals surface area (Å²) in [5.74, 6) is 1.03. The molecule has 3 heterocycles. The van der Waals surface area contributed by atoms with Gasteiger partial charge in [0.2, 0.25) is 0 Å². The molecule has 0 unspecified atom stereocenters. The highest BCUT2D eigenvalue weighted by Gasteiger charge is 2.32. The maximum absolute atomic E-state index is 12.8. The van der Waals surface area contributed by atoms with Crippen molar-refractivity contribution < 1.29 is 8.42 Å². The maximum atomic E-state index is 12.8. The van der Waals surface area contributed by atoms with Gasteiger partial charge in [0, 0.05) is 51.7 Å². The molecular formula is C20H29N5O2S. The molecule has 0 saturated carbocycles. The zero-order chi connectivity index (χ0) is 19.4. The van der Waals surface area contributed by atoms with Crippen LogP contribution in [0, 0.1) is 0 Å². The summed E-state index contributed by atoms with van der Waals surface area (Å²) in [4.78, 5) is 6.87. The molecular weight excluding hydrogens is 374 g/mol. The van der Waals surface area contributed by atoms with E-state index in [2.05, 4.69) is 38.7 Å². The van der Waals surface area contributed by atoms with Gasteiger partial charge in [-0.1, -0.05) is 30.3 Å². The molecule has 0 amide bonds. The smallest absolute Gasteiger partial charge is 0.282 e. The Morgan fingerprint density at radius 1 is 0.821 bits per heavy atom. The first-order valence-corrected chi connectivity index (χ1v) is 11.5. The standard InChI is InChI=1S/C20H29N5O2S/c26-28(27,24-11-4-5-12-24)25-13-6-10-22(15-16-25)18-20-21-9-14-23(20)17-19-7-2-1-3-8-19/h1-3,7-9,14H,4-6,10-13,15-18H2.